The molecule has 4 nitrogen and oxygen atoms in total. The molecule has 0 aliphatic rings. The van der Waals surface area contributed by atoms with Crippen LogP contribution in [0.5, 0.6) is 5.75 Å². The van der Waals surface area contributed by atoms with Gasteiger partial charge in [0.2, 0.25) is 0 Å². The second-order valence-electron chi connectivity index (χ2n) is 3.55. The Labute approximate surface area is 105 Å². The SMILES string of the molecule is COc1ccc(C#N)c(C(O)C(O)CCCl)c1. The number of hydrogen-bond donors (Lipinski definition) is 2. The fraction of sp³-hybridized carbons (Fsp3) is 0.417. The highest BCUT2D eigenvalue weighted by atomic mass is 35.5. The Morgan fingerprint density at radius 1 is 1.47 bits per heavy atom. The molecule has 0 fully saturated rings. The number of nitrogens with zero attached hydrogens (tertiary/aromatic N) is 1. The summed E-state index contributed by atoms with van der Waals surface area (Å²) in [7, 11) is 1.49. The molecule has 5 heteroatoms. The molecule has 0 aliphatic carbocycles. The lowest BCUT2D eigenvalue weighted by Gasteiger charge is -2.18. The summed E-state index contributed by atoms with van der Waals surface area (Å²) in [6, 6.07) is 6.68. The van der Waals surface area contributed by atoms with Gasteiger partial charge in [-0.25, -0.2) is 0 Å². The summed E-state index contributed by atoms with van der Waals surface area (Å²) in [5, 5.41) is 28.5. The first-order chi connectivity index (χ1) is 8.13. The summed E-state index contributed by atoms with van der Waals surface area (Å²) < 4.78 is 5.02. The Morgan fingerprint density at radius 2 is 2.18 bits per heavy atom. The van der Waals surface area contributed by atoms with Crippen LogP contribution in [0.15, 0.2) is 18.2 Å². The second-order valence-corrected chi connectivity index (χ2v) is 3.93. The Morgan fingerprint density at radius 3 is 2.71 bits per heavy atom. The second kappa shape index (κ2) is 6.45. The van der Waals surface area contributed by atoms with Gasteiger partial charge in [0.1, 0.15) is 11.9 Å². The van der Waals surface area contributed by atoms with Crippen LogP contribution >= 0.6 is 11.6 Å². The molecule has 92 valence electrons. The monoisotopic (exact) mass is 255 g/mol. The zero-order valence-corrected chi connectivity index (χ0v) is 10.2. The van der Waals surface area contributed by atoms with Crippen molar-refractivity contribution in [2.75, 3.05) is 13.0 Å². The number of aliphatic hydroxyl groups excluding tert-OH is 2. The predicted molar refractivity (Wildman–Crippen MR) is 64.0 cm³/mol. The van der Waals surface area contributed by atoms with Gasteiger partial charge in [0.15, 0.2) is 0 Å². The third-order valence-corrected chi connectivity index (χ3v) is 2.69. The highest BCUT2D eigenvalue weighted by Crippen LogP contribution is 2.26. The van der Waals surface area contributed by atoms with Gasteiger partial charge in [-0.2, -0.15) is 5.26 Å². The van der Waals surface area contributed by atoms with Gasteiger partial charge in [-0.15, -0.1) is 11.6 Å². The number of rotatable bonds is 5. The first-order valence-corrected chi connectivity index (χ1v) is 5.67. The number of halogens is 1. The molecule has 0 spiro atoms. The predicted octanol–water partition coefficient (Wildman–Crippen LogP) is 1.59. The van der Waals surface area contributed by atoms with Crippen molar-refractivity contribution in [1.82, 2.24) is 0 Å². The van der Waals surface area contributed by atoms with Crippen molar-refractivity contribution in [3.8, 4) is 11.8 Å². The minimum absolute atomic E-state index is 0.240. The van der Waals surface area contributed by atoms with Crippen molar-refractivity contribution in [2.24, 2.45) is 0 Å². The minimum Gasteiger partial charge on any atom is -0.497 e. The molecule has 0 bridgehead atoms. The molecule has 17 heavy (non-hydrogen) atoms. The van der Waals surface area contributed by atoms with Crippen LogP contribution in [0.25, 0.3) is 0 Å². The maximum absolute atomic E-state index is 9.94. The summed E-state index contributed by atoms with van der Waals surface area (Å²) in [5.41, 5.74) is 0.663. The lowest BCUT2D eigenvalue weighted by atomic mass is 9.97. The van der Waals surface area contributed by atoms with E-state index in [2.05, 4.69) is 0 Å². The van der Waals surface area contributed by atoms with Crippen LogP contribution in [0.3, 0.4) is 0 Å². The van der Waals surface area contributed by atoms with E-state index in [1.165, 1.54) is 7.11 Å². The number of nitriles is 1. The van der Waals surface area contributed by atoms with Gasteiger partial charge >= 0.3 is 0 Å². The fourth-order valence-electron chi connectivity index (χ4n) is 1.49. The summed E-state index contributed by atoms with van der Waals surface area (Å²) in [6.45, 7) is 0. The van der Waals surface area contributed by atoms with Gasteiger partial charge in [-0.05, 0) is 24.6 Å². The molecule has 1 aromatic rings. The van der Waals surface area contributed by atoms with Crippen LogP contribution in [0.4, 0.5) is 0 Å². The summed E-state index contributed by atoms with van der Waals surface area (Å²) in [6.07, 6.45) is -1.88. The van der Waals surface area contributed by atoms with Crippen molar-refractivity contribution in [3.05, 3.63) is 29.3 Å². The quantitative estimate of drug-likeness (QED) is 0.784. The first kappa shape index (κ1) is 13.8. The van der Waals surface area contributed by atoms with Gasteiger partial charge in [0.05, 0.1) is 24.8 Å². The van der Waals surface area contributed by atoms with E-state index in [-0.39, 0.29) is 12.3 Å². The molecule has 2 N–H and O–H groups in total. The molecule has 1 aromatic carbocycles. The van der Waals surface area contributed by atoms with E-state index in [4.69, 9.17) is 21.6 Å². The number of alkyl halides is 1. The van der Waals surface area contributed by atoms with Gasteiger partial charge in [-0.3, -0.25) is 0 Å². The molecule has 0 saturated heterocycles. The molecule has 2 unspecified atom stereocenters. The third kappa shape index (κ3) is 3.34. The zero-order chi connectivity index (χ0) is 12.8. The van der Waals surface area contributed by atoms with E-state index in [0.29, 0.717) is 16.9 Å². The van der Waals surface area contributed by atoms with Crippen molar-refractivity contribution < 1.29 is 14.9 Å². The molecule has 0 aromatic heterocycles. The number of ether oxygens (including phenoxy) is 1. The first-order valence-electron chi connectivity index (χ1n) is 5.14. The molecule has 0 heterocycles. The van der Waals surface area contributed by atoms with Crippen molar-refractivity contribution >= 4 is 11.6 Å². The Hall–Kier alpha value is -1.28. The average Bonchev–Trinajstić information content (AvgIpc) is 2.37. The molecule has 0 amide bonds. The number of methoxy groups -OCH3 is 1. The Kier molecular flexibility index (Phi) is 5.23. The smallest absolute Gasteiger partial charge is 0.119 e. The molecular weight excluding hydrogens is 242 g/mol. The normalized spacial score (nSPS) is 13.8. The highest BCUT2D eigenvalue weighted by Gasteiger charge is 2.21. The third-order valence-electron chi connectivity index (χ3n) is 2.47. The van der Waals surface area contributed by atoms with Crippen molar-refractivity contribution in [2.45, 2.75) is 18.6 Å². The largest absolute Gasteiger partial charge is 0.497 e. The van der Waals surface area contributed by atoms with Crippen LogP contribution in [0.2, 0.25) is 0 Å². The highest BCUT2D eigenvalue weighted by molar-refractivity contribution is 6.17. The zero-order valence-electron chi connectivity index (χ0n) is 9.43. The summed E-state index contributed by atoms with van der Waals surface area (Å²) in [4.78, 5) is 0. The van der Waals surface area contributed by atoms with Gasteiger partial charge < -0.3 is 14.9 Å². The van der Waals surface area contributed by atoms with Crippen molar-refractivity contribution in [1.29, 1.82) is 5.26 Å². The minimum atomic E-state index is -1.14. The lowest BCUT2D eigenvalue weighted by Crippen LogP contribution is -2.19. The average molecular weight is 256 g/mol. The van der Waals surface area contributed by atoms with E-state index < -0.39 is 12.2 Å². The maximum Gasteiger partial charge on any atom is 0.119 e. The van der Waals surface area contributed by atoms with E-state index in [1.807, 2.05) is 6.07 Å². The fourth-order valence-corrected chi connectivity index (χ4v) is 1.71. The topological polar surface area (TPSA) is 73.5 Å². The number of hydrogen-bond acceptors (Lipinski definition) is 4. The van der Waals surface area contributed by atoms with Crippen LogP contribution < -0.4 is 4.74 Å². The maximum atomic E-state index is 9.94. The van der Waals surface area contributed by atoms with Crippen LogP contribution in [0.1, 0.15) is 23.7 Å². The van der Waals surface area contributed by atoms with Gasteiger partial charge in [0.25, 0.3) is 0 Å². The standard InChI is InChI=1S/C12H14ClNO3/c1-17-9-3-2-8(7-14)10(6-9)12(16)11(15)4-5-13/h2-3,6,11-12,15-16H,4-5H2,1H3. The van der Waals surface area contributed by atoms with Crippen LogP contribution in [0, 0.1) is 11.3 Å². The summed E-state index contributed by atoms with van der Waals surface area (Å²) >= 11 is 5.50. The molecule has 0 aliphatic heterocycles. The van der Waals surface area contributed by atoms with E-state index in [9.17, 15) is 10.2 Å². The molecular formula is C12H14ClNO3. The lowest BCUT2D eigenvalue weighted by molar-refractivity contribution is 0.0167. The van der Waals surface area contributed by atoms with Gasteiger partial charge in [-0.1, -0.05) is 0 Å². The molecule has 0 radical (unpaired) electrons. The van der Waals surface area contributed by atoms with E-state index >= 15 is 0 Å². The molecule has 2 atom stereocenters. The van der Waals surface area contributed by atoms with Crippen molar-refractivity contribution in [3.63, 3.8) is 0 Å². The molecule has 1 rings (SSSR count). The van der Waals surface area contributed by atoms with Gasteiger partial charge in [0, 0.05) is 11.4 Å². The van der Waals surface area contributed by atoms with Crippen LogP contribution in [-0.2, 0) is 0 Å². The number of aliphatic hydroxyl groups is 2. The molecule has 0 saturated carbocycles. The van der Waals surface area contributed by atoms with E-state index in [1.54, 1.807) is 18.2 Å². The van der Waals surface area contributed by atoms with Crippen LogP contribution in [-0.4, -0.2) is 29.3 Å². The Balaban J connectivity index is 3.05. The van der Waals surface area contributed by atoms with E-state index in [0.717, 1.165) is 0 Å². The number of benzene rings is 1. The Bertz CT molecular complexity index is 417. The summed E-state index contributed by atoms with van der Waals surface area (Å²) in [5.74, 6) is 0.764.